The van der Waals surface area contributed by atoms with E-state index < -0.39 is 0 Å². The molecule has 0 aliphatic carbocycles. The van der Waals surface area contributed by atoms with Crippen LogP contribution in [0.2, 0.25) is 0 Å². The van der Waals surface area contributed by atoms with Crippen LogP contribution in [0.25, 0.3) is 10.9 Å². The SMILES string of the molecule is COc1ccc(C2NCCc3c2[nH]c2ccc(OCc4ccccc4)cc32)cc1COc1ccc(N([O-])O)cc1. The van der Waals surface area contributed by atoms with Crippen molar-refractivity contribution >= 4 is 16.6 Å². The minimum Gasteiger partial charge on any atom is -0.733 e. The molecule has 8 heteroatoms. The molecule has 6 rings (SSSR count). The Morgan fingerprint density at radius 2 is 1.68 bits per heavy atom. The van der Waals surface area contributed by atoms with Crippen LogP contribution in [-0.4, -0.2) is 23.8 Å². The highest BCUT2D eigenvalue weighted by atomic mass is 16.8. The number of nitrogens with one attached hydrogen (secondary N) is 2. The van der Waals surface area contributed by atoms with Crippen molar-refractivity contribution in [3.05, 3.63) is 124 Å². The van der Waals surface area contributed by atoms with Crippen LogP contribution in [0.3, 0.4) is 0 Å². The standard InChI is InChI=1S/C32H30N3O5/c1-38-30-14-7-22(17-23(30)20-40-25-10-8-24(9-11-25)35(36)37)31-32-27(15-16-33-31)28-18-26(12-13-29(28)34-32)39-19-21-5-3-2-4-6-21/h2-14,17-18,31,33-34,36H,15-16,19-20H2,1H3/q-1. The molecule has 3 N–H and O–H groups in total. The van der Waals surface area contributed by atoms with E-state index in [4.69, 9.17) is 19.4 Å². The highest BCUT2D eigenvalue weighted by Gasteiger charge is 2.26. The Morgan fingerprint density at radius 3 is 2.45 bits per heavy atom. The zero-order valence-corrected chi connectivity index (χ0v) is 22.1. The van der Waals surface area contributed by atoms with Crippen LogP contribution >= 0.6 is 0 Å². The van der Waals surface area contributed by atoms with Crippen LogP contribution in [0.4, 0.5) is 5.69 Å². The Labute approximate surface area is 232 Å². The normalized spacial score (nSPS) is 14.5. The lowest BCUT2D eigenvalue weighted by molar-refractivity contribution is 0.292. The minimum absolute atomic E-state index is 0.0126. The maximum Gasteiger partial charge on any atom is 0.125 e. The smallest absolute Gasteiger partial charge is 0.125 e. The lowest BCUT2D eigenvalue weighted by Gasteiger charge is -2.26. The summed E-state index contributed by atoms with van der Waals surface area (Å²) in [4.78, 5) is 3.66. The molecule has 40 heavy (non-hydrogen) atoms. The van der Waals surface area contributed by atoms with Gasteiger partial charge in [0.05, 0.1) is 18.8 Å². The van der Waals surface area contributed by atoms with Crippen LogP contribution in [0.1, 0.15) is 34.0 Å². The molecule has 0 radical (unpaired) electrons. The number of hydrogen-bond donors (Lipinski definition) is 3. The number of H-pyrrole nitrogens is 1. The van der Waals surface area contributed by atoms with E-state index in [2.05, 4.69) is 46.7 Å². The molecule has 0 spiro atoms. The summed E-state index contributed by atoms with van der Waals surface area (Å²) in [5, 5.41) is 24.8. The van der Waals surface area contributed by atoms with Gasteiger partial charge in [-0.05, 0) is 77.7 Å². The first-order valence-corrected chi connectivity index (χ1v) is 13.2. The molecular weight excluding hydrogens is 506 g/mol. The van der Waals surface area contributed by atoms with Crippen molar-refractivity contribution < 1.29 is 19.4 Å². The summed E-state index contributed by atoms with van der Waals surface area (Å²) in [6.07, 6.45) is 0.921. The third-order valence-corrected chi connectivity index (χ3v) is 7.26. The first kappa shape index (κ1) is 25.8. The topological polar surface area (TPSA) is 102 Å². The van der Waals surface area contributed by atoms with Gasteiger partial charge < -0.3 is 34.9 Å². The second-order valence-corrected chi connectivity index (χ2v) is 9.76. The first-order valence-electron chi connectivity index (χ1n) is 13.2. The Kier molecular flexibility index (Phi) is 7.29. The first-order chi connectivity index (χ1) is 19.6. The predicted molar refractivity (Wildman–Crippen MR) is 154 cm³/mol. The van der Waals surface area contributed by atoms with Crippen LogP contribution in [0, 0.1) is 5.21 Å². The van der Waals surface area contributed by atoms with Crippen molar-refractivity contribution in [1.29, 1.82) is 0 Å². The zero-order valence-electron chi connectivity index (χ0n) is 22.1. The number of aromatic amines is 1. The molecule has 8 nitrogen and oxygen atoms in total. The second kappa shape index (κ2) is 11.3. The number of hydrogen-bond acceptors (Lipinski definition) is 7. The maximum atomic E-state index is 11.1. The summed E-state index contributed by atoms with van der Waals surface area (Å²) in [5.74, 6) is 2.17. The summed E-state index contributed by atoms with van der Waals surface area (Å²) >= 11 is 0. The molecule has 0 saturated carbocycles. The molecule has 204 valence electrons. The van der Waals surface area contributed by atoms with Crippen molar-refractivity contribution in [2.75, 3.05) is 18.9 Å². The number of aromatic nitrogens is 1. The van der Waals surface area contributed by atoms with Gasteiger partial charge in [-0.25, -0.2) is 0 Å². The molecule has 5 aromatic rings. The molecule has 0 bridgehead atoms. The Hall–Kier alpha value is -4.50. The average molecular weight is 537 g/mol. The van der Waals surface area contributed by atoms with E-state index in [1.165, 1.54) is 23.1 Å². The fourth-order valence-corrected chi connectivity index (χ4v) is 5.24. The summed E-state index contributed by atoms with van der Waals surface area (Å²) in [7, 11) is 1.64. The van der Waals surface area contributed by atoms with E-state index in [1.807, 2.05) is 30.3 Å². The Balaban J connectivity index is 1.24. The fraction of sp³-hybridized carbons (Fsp3) is 0.188. The average Bonchev–Trinajstić information content (AvgIpc) is 3.38. The highest BCUT2D eigenvalue weighted by Crippen LogP contribution is 2.36. The van der Waals surface area contributed by atoms with Gasteiger partial charge >= 0.3 is 0 Å². The summed E-state index contributed by atoms with van der Waals surface area (Å²) < 4.78 is 17.7. The van der Waals surface area contributed by atoms with E-state index in [1.54, 1.807) is 19.2 Å². The van der Waals surface area contributed by atoms with Gasteiger partial charge in [0, 0.05) is 28.7 Å². The van der Waals surface area contributed by atoms with Crippen LogP contribution < -0.4 is 24.8 Å². The predicted octanol–water partition coefficient (Wildman–Crippen LogP) is 6.26. The Morgan fingerprint density at radius 1 is 0.900 bits per heavy atom. The maximum absolute atomic E-state index is 11.1. The quantitative estimate of drug-likeness (QED) is 0.191. The molecule has 0 saturated heterocycles. The number of ether oxygens (including phenoxy) is 3. The molecule has 1 aromatic heterocycles. The van der Waals surface area contributed by atoms with Crippen molar-refractivity contribution in [1.82, 2.24) is 10.3 Å². The number of nitrogens with zero attached hydrogens (tertiary/aromatic N) is 1. The van der Waals surface area contributed by atoms with E-state index in [0.717, 1.165) is 52.4 Å². The molecule has 1 aliphatic rings. The fourth-order valence-electron chi connectivity index (χ4n) is 5.24. The van der Waals surface area contributed by atoms with Gasteiger partial charge in [-0.1, -0.05) is 36.4 Å². The van der Waals surface area contributed by atoms with Crippen LogP contribution in [-0.2, 0) is 19.6 Å². The van der Waals surface area contributed by atoms with Gasteiger partial charge in [0.25, 0.3) is 0 Å². The molecule has 1 aliphatic heterocycles. The third-order valence-electron chi connectivity index (χ3n) is 7.26. The third kappa shape index (κ3) is 5.33. The molecule has 1 unspecified atom stereocenters. The van der Waals surface area contributed by atoms with E-state index in [0.29, 0.717) is 12.4 Å². The van der Waals surface area contributed by atoms with Crippen LogP contribution in [0.15, 0.2) is 91.0 Å². The van der Waals surface area contributed by atoms with Crippen molar-refractivity contribution in [2.24, 2.45) is 0 Å². The van der Waals surface area contributed by atoms with E-state index in [9.17, 15) is 5.21 Å². The van der Waals surface area contributed by atoms with Crippen molar-refractivity contribution in [3.63, 3.8) is 0 Å². The summed E-state index contributed by atoms with van der Waals surface area (Å²) in [6.45, 7) is 1.67. The monoisotopic (exact) mass is 536 g/mol. The van der Waals surface area contributed by atoms with Crippen LogP contribution in [0.5, 0.6) is 17.2 Å². The molecule has 4 aromatic carbocycles. The summed E-state index contributed by atoms with van der Waals surface area (Å²) in [6, 6.07) is 28.8. The molecular formula is C32H30N3O5-. The van der Waals surface area contributed by atoms with Gasteiger partial charge in [0.2, 0.25) is 0 Å². The second-order valence-electron chi connectivity index (χ2n) is 9.76. The lowest BCUT2D eigenvalue weighted by Crippen LogP contribution is -2.30. The minimum atomic E-state index is -0.176. The van der Waals surface area contributed by atoms with Gasteiger partial charge in [-0.2, -0.15) is 0 Å². The molecule has 1 atom stereocenters. The molecule has 2 heterocycles. The number of benzene rings is 4. The number of rotatable bonds is 9. The molecule has 0 fully saturated rings. The van der Waals surface area contributed by atoms with Gasteiger partial charge in [0.15, 0.2) is 0 Å². The van der Waals surface area contributed by atoms with E-state index >= 15 is 0 Å². The van der Waals surface area contributed by atoms with Gasteiger partial charge in [0.1, 0.15) is 30.5 Å². The highest BCUT2D eigenvalue weighted by molar-refractivity contribution is 5.86. The van der Waals surface area contributed by atoms with Crippen molar-refractivity contribution in [3.8, 4) is 17.2 Å². The van der Waals surface area contributed by atoms with Gasteiger partial charge in [-0.15, -0.1) is 0 Å². The number of methoxy groups -OCH3 is 1. The number of fused-ring (bicyclic) bond motifs is 3. The van der Waals surface area contributed by atoms with Gasteiger partial charge in [-0.3, -0.25) is 5.21 Å². The molecule has 0 amide bonds. The zero-order chi connectivity index (χ0) is 27.5. The Bertz CT molecular complexity index is 1600. The van der Waals surface area contributed by atoms with E-state index in [-0.39, 0.29) is 23.6 Å². The largest absolute Gasteiger partial charge is 0.733 e. The van der Waals surface area contributed by atoms with Crippen molar-refractivity contribution in [2.45, 2.75) is 25.7 Å². The number of anilines is 1. The summed E-state index contributed by atoms with van der Waals surface area (Å²) in [5.41, 5.74) is 6.82. The lowest BCUT2D eigenvalue weighted by atomic mass is 9.93.